The number of hydrogen-bond donors (Lipinski definition) is 1. The number of nitrogens with two attached hydrogens (primary N) is 1. The highest BCUT2D eigenvalue weighted by Crippen LogP contribution is 2.39. The quantitative estimate of drug-likeness (QED) is 0.897. The average molecular weight is 260 g/mol. The standard InChI is InChI=1S/C15H14ClNO/c16-14-8-10(9-17)4-5-12(14)13-3-1-2-11-6-7-18-15(11)13/h1-5,8H,6-7,9,17H2. The molecule has 92 valence electrons. The summed E-state index contributed by atoms with van der Waals surface area (Å²) >= 11 is 6.33. The second kappa shape index (κ2) is 4.63. The van der Waals surface area contributed by atoms with Crippen LogP contribution in [0.15, 0.2) is 36.4 Å². The summed E-state index contributed by atoms with van der Waals surface area (Å²) in [6.45, 7) is 1.26. The van der Waals surface area contributed by atoms with Crippen molar-refractivity contribution in [3.63, 3.8) is 0 Å². The summed E-state index contributed by atoms with van der Waals surface area (Å²) in [7, 11) is 0. The molecule has 0 amide bonds. The predicted molar refractivity (Wildman–Crippen MR) is 74.0 cm³/mol. The van der Waals surface area contributed by atoms with E-state index in [-0.39, 0.29) is 0 Å². The van der Waals surface area contributed by atoms with E-state index in [1.165, 1.54) is 5.56 Å². The van der Waals surface area contributed by atoms with Gasteiger partial charge in [-0.3, -0.25) is 0 Å². The zero-order valence-electron chi connectivity index (χ0n) is 9.95. The molecule has 0 saturated carbocycles. The Bertz CT molecular complexity index is 595. The Labute approximate surface area is 111 Å². The Balaban J connectivity index is 2.13. The minimum atomic E-state index is 0.503. The molecule has 0 bridgehead atoms. The maximum absolute atomic E-state index is 6.33. The zero-order chi connectivity index (χ0) is 12.5. The van der Waals surface area contributed by atoms with E-state index in [2.05, 4.69) is 12.1 Å². The van der Waals surface area contributed by atoms with Gasteiger partial charge in [0.05, 0.1) is 6.61 Å². The minimum absolute atomic E-state index is 0.503. The first-order chi connectivity index (χ1) is 8.79. The largest absolute Gasteiger partial charge is 0.492 e. The van der Waals surface area contributed by atoms with Crippen LogP contribution in [0.25, 0.3) is 11.1 Å². The average Bonchev–Trinajstić information content (AvgIpc) is 2.87. The van der Waals surface area contributed by atoms with Crippen LogP contribution in [0.1, 0.15) is 11.1 Å². The molecule has 0 unspecified atom stereocenters. The van der Waals surface area contributed by atoms with Crippen LogP contribution in [0.2, 0.25) is 5.02 Å². The van der Waals surface area contributed by atoms with Gasteiger partial charge in [0.1, 0.15) is 5.75 Å². The van der Waals surface area contributed by atoms with E-state index < -0.39 is 0 Å². The second-order valence-corrected chi connectivity index (χ2v) is 4.82. The van der Waals surface area contributed by atoms with Crippen molar-refractivity contribution >= 4 is 11.6 Å². The Hall–Kier alpha value is -1.51. The molecule has 2 N–H and O–H groups in total. The molecule has 2 aromatic carbocycles. The van der Waals surface area contributed by atoms with Gasteiger partial charge in [0.15, 0.2) is 0 Å². The molecule has 0 saturated heterocycles. The monoisotopic (exact) mass is 259 g/mol. The molecule has 3 heteroatoms. The van der Waals surface area contributed by atoms with Gasteiger partial charge in [-0.25, -0.2) is 0 Å². The lowest BCUT2D eigenvalue weighted by atomic mass is 10.00. The lowest BCUT2D eigenvalue weighted by molar-refractivity contribution is 0.358. The highest BCUT2D eigenvalue weighted by Gasteiger charge is 2.18. The molecule has 0 fully saturated rings. The van der Waals surface area contributed by atoms with Crippen molar-refractivity contribution in [3.8, 4) is 16.9 Å². The smallest absolute Gasteiger partial charge is 0.130 e. The summed E-state index contributed by atoms with van der Waals surface area (Å²) < 4.78 is 5.71. The van der Waals surface area contributed by atoms with Crippen molar-refractivity contribution in [2.75, 3.05) is 6.61 Å². The van der Waals surface area contributed by atoms with Crippen LogP contribution in [-0.4, -0.2) is 6.61 Å². The summed E-state index contributed by atoms with van der Waals surface area (Å²) in [5.41, 5.74) is 9.98. The van der Waals surface area contributed by atoms with E-state index in [0.29, 0.717) is 6.54 Å². The van der Waals surface area contributed by atoms with Crippen molar-refractivity contribution in [2.24, 2.45) is 5.73 Å². The summed E-state index contributed by atoms with van der Waals surface area (Å²) in [5, 5.41) is 0.724. The number of para-hydroxylation sites is 1. The molecule has 18 heavy (non-hydrogen) atoms. The molecule has 0 aromatic heterocycles. The topological polar surface area (TPSA) is 35.2 Å². The molecule has 3 rings (SSSR count). The van der Waals surface area contributed by atoms with E-state index in [4.69, 9.17) is 22.1 Å². The van der Waals surface area contributed by atoms with Crippen LogP contribution in [0, 0.1) is 0 Å². The van der Waals surface area contributed by atoms with Gasteiger partial charge in [0.2, 0.25) is 0 Å². The van der Waals surface area contributed by atoms with E-state index in [0.717, 1.165) is 40.5 Å². The van der Waals surface area contributed by atoms with Gasteiger partial charge >= 0.3 is 0 Å². The van der Waals surface area contributed by atoms with Gasteiger partial charge in [-0.05, 0) is 17.2 Å². The molecule has 0 spiro atoms. The molecule has 0 radical (unpaired) electrons. The van der Waals surface area contributed by atoms with Gasteiger partial charge in [-0.1, -0.05) is 41.9 Å². The van der Waals surface area contributed by atoms with Crippen molar-refractivity contribution < 1.29 is 4.74 Å². The number of ether oxygens (including phenoxy) is 1. The van der Waals surface area contributed by atoms with Crippen LogP contribution in [-0.2, 0) is 13.0 Å². The van der Waals surface area contributed by atoms with Crippen LogP contribution in [0.4, 0.5) is 0 Å². The van der Waals surface area contributed by atoms with Crippen molar-refractivity contribution in [3.05, 3.63) is 52.5 Å². The van der Waals surface area contributed by atoms with Gasteiger partial charge in [0.25, 0.3) is 0 Å². The maximum Gasteiger partial charge on any atom is 0.130 e. The summed E-state index contributed by atoms with van der Waals surface area (Å²) in [5.74, 6) is 0.972. The van der Waals surface area contributed by atoms with Crippen molar-refractivity contribution in [1.29, 1.82) is 0 Å². The molecule has 1 aliphatic rings. The first-order valence-corrected chi connectivity index (χ1v) is 6.41. The van der Waals surface area contributed by atoms with Gasteiger partial charge in [-0.15, -0.1) is 0 Å². The first kappa shape index (κ1) is 11.6. The predicted octanol–water partition coefficient (Wildman–Crippen LogP) is 3.40. The van der Waals surface area contributed by atoms with Crippen LogP contribution in [0.3, 0.4) is 0 Å². The van der Waals surface area contributed by atoms with Gasteiger partial charge in [-0.2, -0.15) is 0 Å². The second-order valence-electron chi connectivity index (χ2n) is 4.41. The lowest BCUT2D eigenvalue weighted by Crippen LogP contribution is -1.96. The van der Waals surface area contributed by atoms with Crippen molar-refractivity contribution in [1.82, 2.24) is 0 Å². The Morgan fingerprint density at radius 1 is 1.17 bits per heavy atom. The van der Waals surface area contributed by atoms with E-state index in [1.807, 2.05) is 24.3 Å². The number of fused-ring (bicyclic) bond motifs is 1. The van der Waals surface area contributed by atoms with E-state index in [1.54, 1.807) is 0 Å². The molecular formula is C15H14ClNO. The minimum Gasteiger partial charge on any atom is -0.492 e. The maximum atomic E-state index is 6.33. The normalized spacial score (nSPS) is 13.2. The van der Waals surface area contributed by atoms with Crippen LogP contribution >= 0.6 is 11.6 Å². The summed E-state index contributed by atoms with van der Waals surface area (Å²) in [6, 6.07) is 12.2. The fourth-order valence-corrected chi connectivity index (χ4v) is 2.64. The third-order valence-electron chi connectivity index (χ3n) is 3.27. The molecule has 1 aliphatic heterocycles. The summed E-state index contributed by atoms with van der Waals surface area (Å²) in [6.07, 6.45) is 0.974. The summed E-state index contributed by atoms with van der Waals surface area (Å²) in [4.78, 5) is 0. The van der Waals surface area contributed by atoms with Crippen LogP contribution in [0.5, 0.6) is 5.75 Å². The number of halogens is 1. The van der Waals surface area contributed by atoms with Crippen molar-refractivity contribution in [2.45, 2.75) is 13.0 Å². The number of benzene rings is 2. The fraction of sp³-hybridized carbons (Fsp3) is 0.200. The van der Waals surface area contributed by atoms with E-state index >= 15 is 0 Å². The highest BCUT2D eigenvalue weighted by molar-refractivity contribution is 6.33. The fourth-order valence-electron chi connectivity index (χ4n) is 2.33. The van der Waals surface area contributed by atoms with Gasteiger partial charge in [0, 0.05) is 29.1 Å². The highest BCUT2D eigenvalue weighted by atomic mass is 35.5. The Morgan fingerprint density at radius 2 is 2.06 bits per heavy atom. The molecule has 2 nitrogen and oxygen atoms in total. The molecule has 1 heterocycles. The zero-order valence-corrected chi connectivity index (χ0v) is 10.7. The first-order valence-electron chi connectivity index (χ1n) is 6.03. The lowest BCUT2D eigenvalue weighted by Gasteiger charge is -2.10. The third kappa shape index (κ3) is 1.88. The van der Waals surface area contributed by atoms with Gasteiger partial charge < -0.3 is 10.5 Å². The molecular weight excluding hydrogens is 246 g/mol. The number of rotatable bonds is 2. The molecule has 0 atom stereocenters. The van der Waals surface area contributed by atoms with Crippen LogP contribution < -0.4 is 10.5 Å². The molecule has 0 aliphatic carbocycles. The molecule has 2 aromatic rings. The SMILES string of the molecule is NCc1ccc(-c2cccc3c2OCC3)c(Cl)c1. The Morgan fingerprint density at radius 3 is 2.83 bits per heavy atom. The third-order valence-corrected chi connectivity index (χ3v) is 3.59. The Kier molecular flexibility index (Phi) is 2.98. The number of hydrogen-bond acceptors (Lipinski definition) is 2. The van der Waals surface area contributed by atoms with E-state index in [9.17, 15) is 0 Å².